The van der Waals surface area contributed by atoms with E-state index in [0.29, 0.717) is 5.65 Å². The Bertz CT molecular complexity index is 658. The van der Waals surface area contributed by atoms with E-state index in [4.69, 9.17) is 0 Å². The number of likely N-dealkylation sites (N-methyl/N-ethyl adjacent to an activating group) is 1. The van der Waals surface area contributed by atoms with Gasteiger partial charge < -0.3 is 14.9 Å². The van der Waals surface area contributed by atoms with Crippen LogP contribution < -0.4 is 4.90 Å². The van der Waals surface area contributed by atoms with E-state index >= 15 is 0 Å². The Morgan fingerprint density at radius 2 is 1.95 bits per heavy atom. The largest absolute Gasteiger partial charge is 0.478 e. The third-order valence-corrected chi connectivity index (χ3v) is 3.69. The third-order valence-electron chi connectivity index (χ3n) is 3.69. The predicted molar refractivity (Wildman–Crippen MR) is 75.2 cm³/mol. The first kappa shape index (κ1) is 12.9. The maximum Gasteiger partial charge on any atom is 0.339 e. The van der Waals surface area contributed by atoms with Crippen LogP contribution in [0.2, 0.25) is 0 Å². The number of pyridine rings is 1. The highest BCUT2D eigenvalue weighted by atomic mass is 16.4. The summed E-state index contributed by atoms with van der Waals surface area (Å²) in [7, 11) is 3.89. The molecule has 0 atom stereocenters. The lowest BCUT2D eigenvalue weighted by Gasteiger charge is -2.34. The molecule has 0 unspecified atom stereocenters. The summed E-state index contributed by atoms with van der Waals surface area (Å²) in [5.74, 6) is -0.947. The predicted octanol–water partition coefficient (Wildman–Crippen LogP) is 0.418. The summed E-state index contributed by atoms with van der Waals surface area (Å²) < 4.78 is 1.67. The van der Waals surface area contributed by atoms with Gasteiger partial charge in [0.15, 0.2) is 5.65 Å². The summed E-state index contributed by atoms with van der Waals surface area (Å²) in [6, 6.07) is 0. The lowest BCUT2D eigenvalue weighted by atomic mass is 10.1. The Balaban J connectivity index is 2.14. The van der Waals surface area contributed by atoms with Crippen molar-refractivity contribution in [1.29, 1.82) is 0 Å². The Hall–Kier alpha value is -2.15. The second kappa shape index (κ2) is 4.75. The highest BCUT2D eigenvalue weighted by molar-refractivity contribution is 6.03. The molecule has 7 heteroatoms. The van der Waals surface area contributed by atoms with Gasteiger partial charge in [-0.2, -0.15) is 5.10 Å². The van der Waals surface area contributed by atoms with Gasteiger partial charge in [-0.3, -0.25) is 4.68 Å². The average molecular weight is 275 g/mol. The van der Waals surface area contributed by atoms with Crippen molar-refractivity contribution in [3.8, 4) is 0 Å². The SMILES string of the molecule is CN1CCN(c2c(C(=O)O)cnc3nn(C)cc23)CC1. The molecule has 106 valence electrons. The van der Waals surface area contributed by atoms with Crippen molar-refractivity contribution >= 4 is 22.7 Å². The molecule has 0 radical (unpaired) electrons. The number of piperazine rings is 1. The summed E-state index contributed by atoms with van der Waals surface area (Å²) in [5.41, 5.74) is 1.57. The molecule has 0 aromatic carbocycles. The molecule has 1 aliphatic heterocycles. The van der Waals surface area contributed by atoms with E-state index in [1.807, 2.05) is 13.2 Å². The minimum atomic E-state index is -0.947. The van der Waals surface area contributed by atoms with Gasteiger partial charge in [-0.25, -0.2) is 9.78 Å². The van der Waals surface area contributed by atoms with Crippen molar-refractivity contribution in [2.45, 2.75) is 0 Å². The second-order valence-corrected chi connectivity index (χ2v) is 5.16. The van der Waals surface area contributed by atoms with E-state index in [0.717, 1.165) is 37.3 Å². The maximum atomic E-state index is 11.5. The van der Waals surface area contributed by atoms with Crippen molar-refractivity contribution in [3.05, 3.63) is 18.0 Å². The number of carbonyl (C=O) groups is 1. The van der Waals surface area contributed by atoms with E-state index in [1.165, 1.54) is 6.20 Å². The lowest BCUT2D eigenvalue weighted by molar-refractivity contribution is 0.0697. The van der Waals surface area contributed by atoms with Crippen LogP contribution in [0.5, 0.6) is 0 Å². The second-order valence-electron chi connectivity index (χ2n) is 5.16. The van der Waals surface area contributed by atoms with Crippen LogP contribution in [0.25, 0.3) is 11.0 Å². The molecular formula is C13H17N5O2. The van der Waals surface area contributed by atoms with Gasteiger partial charge in [-0.1, -0.05) is 0 Å². The molecule has 3 heterocycles. The minimum absolute atomic E-state index is 0.245. The summed E-state index contributed by atoms with van der Waals surface area (Å²) in [5, 5.41) is 14.5. The molecule has 0 bridgehead atoms. The fourth-order valence-corrected chi connectivity index (χ4v) is 2.60. The number of carboxylic acid groups (broad SMARTS) is 1. The van der Waals surface area contributed by atoms with Gasteiger partial charge in [0, 0.05) is 45.6 Å². The summed E-state index contributed by atoms with van der Waals surface area (Å²) in [6.45, 7) is 3.46. The van der Waals surface area contributed by atoms with Crippen molar-refractivity contribution < 1.29 is 9.90 Å². The van der Waals surface area contributed by atoms with Crippen LogP contribution >= 0.6 is 0 Å². The van der Waals surface area contributed by atoms with E-state index in [1.54, 1.807) is 4.68 Å². The lowest BCUT2D eigenvalue weighted by Crippen LogP contribution is -2.45. The first-order valence-electron chi connectivity index (χ1n) is 6.55. The number of hydrogen-bond acceptors (Lipinski definition) is 5. The van der Waals surface area contributed by atoms with Crippen molar-refractivity contribution in [3.63, 3.8) is 0 Å². The number of nitrogens with zero attached hydrogens (tertiary/aromatic N) is 5. The van der Waals surface area contributed by atoms with Gasteiger partial charge >= 0.3 is 5.97 Å². The molecular weight excluding hydrogens is 258 g/mol. The van der Waals surface area contributed by atoms with Crippen molar-refractivity contribution in [2.75, 3.05) is 38.1 Å². The molecule has 2 aromatic heterocycles. The quantitative estimate of drug-likeness (QED) is 0.856. The van der Waals surface area contributed by atoms with Gasteiger partial charge in [0.2, 0.25) is 0 Å². The number of anilines is 1. The fourth-order valence-electron chi connectivity index (χ4n) is 2.60. The molecule has 3 rings (SSSR count). The van der Waals surface area contributed by atoms with E-state index < -0.39 is 5.97 Å². The summed E-state index contributed by atoms with van der Waals surface area (Å²) in [6.07, 6.45) is 3.24. The van der Waals surface area contributed by atoms with Gasteiger partial charge in [0.05, 0.1) is 11.1 Å². The van der Waals surface area contributed by atoms with Crippen LogP contribution in [0.15, 0.2) is 12.4 Å². The van der Waals surface area contributed by atoms with Gasteiger partial charge in [0.1, 0.15) is 5.56 Å². The molecule has 1 saturated heterocycles. The number of aromatic carboxylic acids is 1. The summed E-state index contributed by atoms with van der Waals surface area (Å²) in [4.78, 5) is 20.0. The number of carboxylic acids is 1. The summed E-state index contributed by atoms with van der Waals surface area (Å²) >= 11 is 0. The number of hydrogen-bond donors (Lipinski definition) is 1. The van der Waals surface area contributed by atoms with Crippen LogP contribution in [0.3, 0.4) is 0 Å². The maximum absolute atomic E-state index is 11.5. The first-order valence-corrected chi connectivity index (χ1v) is 6.55. The Labute approximate surface area is 116 Å². The smallest absolute Gasteiger partial charge is 0.339 e. The zero-order valence-corrected chi connectivity index (χ0v) is 11.6. The molecule has 1 aliphatic rings. The van der Waals surface area contributed by atoms with Gasteiger partial charge in [0.25, 0.3) is 0 Å². The molecule has 20 heavy (non-hydrogen) atoms. The highest BCUT2D eigenvalue weighted by Gasteiger charge is 2.24. The Morgan fingerprint density at radius 3 is 2.60 bits per heavy atom. The van der Waals surface area contributed by atoms with E-state index in [-0.39, 0.29) is 5.56 Å². The van der Waals surface area contributed by atoms with Crippen LogP contribution in [-0.2, 0) is 7.05 Å². The molecule has 0 aliphatic carbocycles. The van der Waals surface area contributed by atoms with Crippen LogP contribution in [0.4, 0.5) is 5.69 Å². The van der Waals surface area contributed by atoms with Gasteiger partial charge in [-0.15, -0.1) is 0 Å². The number of rotatable bonds is 2. The van der Waals surface area contributed by atoms with Crippen LogP contribution in [0, 0.1) is 0 Å². The average Bonchev–Trinajstić information content (AvgIpc) is 2.78. The Kier molecular flexibility index (Phi) is 3.06. The number of aromatic nitrogens is 3. The van der Waals surface area contributed by atoms with E-state index in [2.05, 4.69) is 26.9 Å². The monoisotopic (exact) mass is 275 g/mol. The first-order chi connectivity index (χ1) is 9.56. The molecule has 1 fully saturated rings. The van der Waals surface area contributed by atoms with Gasteiger partial charge in [-0.05, 0) is 7.05 Å². The van der Waals surface area contributed by atoms with Crippen LogP contribution in [-0.4, -0.2) is 64.0 Å². The molecule has 0 amide bonds. The molecule has 1 N–H and O–H groups in total. The molecule has 0 saturated carbocycles. The minimum Gasteiger partial charge on any atom is -0.478 e. The highest BCUT2D eigenvalue weighted by Crippen LogP contribution is 2.29. The molecule has 0 spiro atoms. The number of aryl methyl sites for hydroxylation is 1. The molecule has 7 nitrogen and oxygen atoms in total. The topological polar surface area (TPSA) is 74.5 Å². The standard InChI is InChI=1S/C13H17N5O2/c1-16-3-5-18(6-4-16)11-9(13(19)20)7-14-12-10(11)8-17(2)15-12/h7-8H,3-6H2,1-2H3,(H,19,20). The fraction of sp³-hybridized carbons (Fsp3) is 0.462. The van der Waals surface area contributed by atoms with Crippen molar-refractivity contribution in [2.24, 2.45) is 7.05 Å². The third kappa shape index (κ3) is 2.09. The van der Waals surface area contributed by atoms with E-state index in [9.17, 15) is 9.90 Å². The number of fused-ring (bicyclic) bond motifs is 1. The van der Waals surface area contributed by atoms with Crippen LogP contribution in [0.1, 0.15) is 10.4 Å². The normalized spacial score (nSPS) is 16.8. The molecule has 2 aromatic rings. The van der Waals surface area contributed by atoms with Crippen molar-refractivity contribution in [1.82, 2.24) is 19.7 Å². The Morgan fingerprint density at radius 1 is 1.25 bits per heavy atom. The zero-order chi connectivity index (χ0) is 14.3. The zero-order valence-electron chi connectivity index (χ0n) is 11.6.